The summed E-state index contributed by atoms with van der Waals surface area (Å²) in [5, 5.41) is 0. The maximum absolute atomic E-state index is 12.0. The topological polar surface area (TPSA) is 20.3 Å². The molecule has 0 saturated carbocycles. The summed E-state index contributed by atoms with van der Waals surface area (Å²) in [6.07, 6.45) is -4.81. The normalized spacial score (nSPS) is 11.3. The van der Waals surface area contributed by atoms with Gasteiger partial charge in [0.1, 0.15) is 0 Å². The van der Waals surface area contributed by atoms with Crippen LogP contribution in [0.5, 0.6) is 0 Å². The SMILES string of the molecule is CN(C)c1ccc(C(=O)C(F)(F)F)cc1. The van der Waals surface area contributed by atoms with Gasteiger partial charge in [-0.05, 0) is 24.3 Å². The molecule has 0 atom stereocenters. The molecular weight excluding hydrogens is 207 g/mol. The highest BCUT2D eigenvalue weighted by atomic mass is 19.4. The number of benzene rings is 1. The van der Waals surface area contributed by atoms with Crippen molar-refractivity contribution in [3.63, 3.8) is 0 Å². The zero-order valence-corrected chi connectivity index (χ0v) is 8.30. The number of nitrogens with zero attached hydrogens (tertiary/aromatic N) is 1. The van der Waals surface area contributed by atoms with Crippen molar-refractivity contribution in [2.75, 3.05) is 19.0 Å². The van der Waals surface area contributed by atoms with Gasteiger partial charge in [0, 0.05) is 25.3 Å². The van der Waals surface area contributed by atoms with E-state index >= 15 is 0 Å². The number of anilines is 1. The Hall–Kier alpha value is -1.52. The molecule has 0 amide bonds. The maximum Gasteiger partial charge on any atom is 0.454 e. The van der Waals surface area contributed by atoms with Crippen molar-refractivity contribution in [1.29, 1.82) is 0 Å². The molecule has 0 radical (unpaired) electrons. The Morgan fingerprint density at radius 3 is 1.93 bits per heavy atom. The van der Waals surface area contributed by atoms with Gasteiger partial charge in [-0.2, -0.15) is 13.2 Å². The van der Waals surface area contributed by atoms with Gasteiger partial charge in [-0.15, -0.1) is 0 Å². The van der Waals surface area contributed by atoms with Crippen LogP contribution >= 0.6 is 0 Å². The molecular formula is C10H10F3NO. The lowest BCUT2D eigenvalue weighted by Crippen LogP contribution is -2.22. The highest BCUT2D eigenvalue weighted by molar-refractivity contribution is 6.00. The van der Waals surface area contributed by atoms with Crippen LogP contribution in [0.4, 0.5) is 18.9 Å². The molecule has 0 fully saturated rings. The molecule has 0 unspecified atom stereocenters. The first-order valence-electron chi connectivity index (χ1n) is 4.21. The average molecular weight is 217 g/mol. The molecule has 0 saturated heterocycles. The lowest BCUT2D eigenvalue weighted by Gasteiger charge is -2.12. The Morgan fingerprint density at radius 1 is 1.13 bits per heavy atom. The van der Waals surface area contributed by atoms with E-state index < -0.39 is 12.0 Å². The zero-order chi connectivity index (χ0) is 11.6. The summed E-state index contributed by atoms with van der Waals surface area (Å²) in [4.78, 5) is 12.5. The fraction of sp³-hybridized carbons (Fsp3) is 0.300. The van der Waals surface area contributed by atoms with Crippen LogP contribution in [0.25, 0.3) is 0 Å². The second-order valence-electron chi connectivity index (χ2n) is 3.27. The van der Waals surface area contributed by atoms with Gasteiger partial charge in [0.25, 0.3) is 5.78 Å². The third-order valence-corrected chi connectivity index (χ3v) is 1.90. The summed E-state index contributed by atoms with van der Waals surface area (Å²) >= 11 is 0. The molecule has 0 spiro atoms. The summed E-state index contributed by atoms with van der Waals surface area (Å²) in [7, 11) is 3.53. The molecule has 0 heterocycles. The monoisotopic (exact) mass is 217 g/mol. The first kappa shape index (κ1) is 11.6. The Morgan fingerprint density at radius 2 is 1.60 bits per heavy atom. The predicted molar refractivity (Wildman–Crippen MR) is 51.2 cm³/mol. The van der Waals surface area contributed by atoms with Crippen LogP contribution < -0.4 is 4.90 Å². The summed E-state index contributed by atoms with van der Waals surface area (Å²) in [6.45, 7) is 0. The van der Waals surface area contributed by atoms with Crippen LogP contribution in [0.2, 0.25) is 0 Å². The Bertz CT molecular complexity index is 354. The Kier molecular flexibility index (Phi) is 3.02. The molecule has 5 heteroatoms. The van der Waals surface area contributed by atoms with Crippen LogP contribution in [0.3, 0.4) is 0 Å². The van der Waals surface area contributed by atoms with Gasteiger partial charge in [0.05, 0.1) is 0 Å². The molecule has 1 aromatic carbocycles. The number of carbonyl (C=O) groups is 1. The number of Topliss-reactive ketones (excluding diaryl/α,β-unsaturated/α-hetero) is 1. The lowest BCUT2D eigenvalue weighted by atomic mass is 10.1. The van der Waals surface area contributed by atoms with Gasteiger partial charge in [-0.1, -0.05) is 0 Å². The number of ketones is 1. The molecule has 1 rings (SSSR count). The second kappa shape index (κ2) is 3.92. The third kappa shape index (κ3) is 2.71. The maximum atomic E-state index is 12.0. The third-order valence-electron chi connectivity index (χ3n) is 1.90. The van der Waals surface area contributed by atoms with E-state index in [0.29, 0.717) is 0 Å². The van der Waals surface area contributed by atoms with Crippen molar-refractivity contribution in [2.45, 2.75) is 6.18 Å². The van der Waals surface area contributed by atoms with E-state index in [4.69, 9.17) is 0 Å². The van der Waals surface area contributed by atoms with E-state index in [0.717, 1.165) is 5.69 Å². The van der Waals surface area contributed by atoms with E-state index in [1.54, 1.807) is 19.0 Å². The van der Waals surface area contributed by atoms with Crippen molar-refractivity contribution in [2.24, 2.45) is 0 Å². The molecule has 0 aromatic heterocycles. The van der Waals surface area contributed by atoms with Crippen LogP contribution in [-0.4, -0.2) is 26.1 Å². The largest absolute Gasteiger partial charge is 0.454 e. The molecule has 1 aromatic rings. The number of alkyl halides is 3. The highest BCUT2D eigenvalue weighted by Crippen LogP contribution is 2.22. The molecule has 0 aliphatic heterocycles. The predicted octanol–water partition coefficient (Wildman–Crippen LogP) is 2.50. The highest BCUT2D eigenvalue weighted by Gasteiger charge is 2.39. The minimum atomic E-state index is -4.81. The Balaban J connectivity index is 2.95. The fourth-order valence-electron chi connectivity index (χ4n) is 1.07. The van der Waals surface area contributed by atoms with Crippen molar-refractivity contribution >= 4 is 11.5 Å². The lowest BCUT2D eigenvalue weighted by molar-refractivity contribution is -0.0885. The summed E-state index contributed by atoms with van der Waals surface area (Å²) < 4.78 is 36.1. The van der Waals surface area contributed by atoms with E-state index in [1.165, 1.54) is 24.3 Å². The van der Waals surface area contributed by atoms with E-state index in [-0.39, 0.29) is 5.56 Å². The van der Waals surface area contributed by atoms with Gasteiger partial charge in [0.15, 0.2) is 0 Å². The fourth-order valence-corrected chi connectivity index (χ4v) is 1.07. The number of rotatable bonds is 2. The Labute approximate surface area is 85.3 Å². The number of hydrogen-bond acceptors (Lipinski definition) is 2. The van der Waals surface area contributed by atoms with Crippen LogP contribution in [0, 0.1) is 0 Å². The van der Waals surface area contributed by atoms with E-state index in [2.05, 4.69) is 0 Å². The smallest absolute Gasteiger partial charge is 0.378 e. The molecule has 0 bridgehead atoms. The number of carbonyl (C=O) groups excluding carboxylic acids is 1. The zero-order valence-electron chi connectivity index (χ0n) is 8.30. The minimum absolute atomic E-state index is 0.340. The van der Waals surface area contributed by atoms with Crippen LogP contribution in [0.1, 0.15) is 10.4 Å². The number of halogens is 3. The van der Waals surface area contributed by atoms with Gasteiger partial charge in [0.2, 0.25) is 0 Å². The molecule has 0 aliphatic rings. The molecule has 0 N–H and O–H groups in total. The van der Waals surface area contributed by atoms with Crippen molar-refractivity contribution < 1.29 is 18.0 Å². The van der Waals surface area contributed by atoms with Crippen LogP contribution in [0.15, 0.2) is 24.3 Å². The van der Waals surface area contributed by atoms with Crippen LogP contribution in [-0.2, 0) is 0 Å². The van der Waals surface area contributed by atoms with Gasteiger partial charge >= 0.3 is 6.18 Å². The second-order valence-corrected chi connectivity index (χ2v) is 3.27. The summed E-state index contributed by atoms with van der Waals surface area (Å²) in [5.74, 6) is -1.81. The average Bonchev–Trinajstić information content (AvgIpc) is 2.15. The van der Waals surface area contributed by atoms with Crippen molar-refractivity contribution in [3.05, 3.63) is 29.8 Å². The summed E-state index contributed by atoms with van der Waals surface area (Å²) in [6, 6.07) is 5.29. The number of hydrogen-bond donors (Lipinski definition) is 0. The first-order valence-corrected chi connectivity index (χ1v) is 4.21. The standard InChI is InChI=1S/C10H10F3NO/c1-14(2)8-5-3-7(4-6-8)9(15)10(11,12)13/h3-6H,1-2H3. The van der Waals surface area contributed by atoms with Gasteiger partial charge in [-0.3, -0.25) is 4.79 Å². The van der Waals surface area contributed by atoms with Crippen molar-refractivity contribution in [3.8, 4) is 0 Å². The quantitative estimate of drug-likeness (QED) is 0.709. The molecule has 2 nitrogen and oxygen atoms in total. The molecule has 82 valence electrons. The van der Waals surface area contributed by atoms with E-state index in [9.17, 15) is 18.0 Å². The summed E-state index contributed by atoms with van der Waals surface area (Å²) in [5.41, 5.74) is 0.404. The van der Waals surface area contributed by atoms with E-state index in [1.807, 2.05) is 0 Å². The van der Waals surface area contributed by atoms with Gasteiger partial charge in [-0.25, -0.2) is 0 Å². The molecule has 0 aliphatic carbocycles. The van der Waals surface area contributed by atoms with Crippen molar-refractivity contribution in [1.82, 2.24) is 0 Å². The van der Waals surface area contributed by atoms with Gasteiger partial charge < -0.3 is 4.90 Å². The minimum Gasteiger partial charge on any atom is -0.378 e. The molecule has 15 heavy (non-hydrogen) atoms. The first-order chi connectivity index (χ1) is 6.82.